The summed E-state index contributed by atoms with van der Waals surface area (Å²) in [5.41, 5.74) is 4.86. The summed E-state index contributed by atoms with van der Waals surface area (Å²) in [6.45, 7) is 6.67. The first kappa shape index (κ1) is 14.3. The molecule has 0 radical (unpaired) electrons. The quantitative estimate of drug-likeness (QED) is 0.686. The molecule has 3 nitrogen and oxygen atoms in total. The van der Waals surface area contributed by atoms with E-state index in [-0.39, 0.29) is 5.70 Å². The van der Waals surface area contributed by atoms with Gasteiger partial charge in [-0.05, 0) is 12.2 Å². The number of amides is 1. The van der Waals surface area contributed by atoms with Crippen LogP contribution in [0.1, 0.15) is 6.42 Å². The lowest BCUT2D eigenvalue weighted by atomic mass is 10.1. The van der Waals surface area contributed by atoms with Crippen molar-refractivity contribution in [2.45, 2.75) is 18.6 Å². The molecule has 0 aliphatic carbocycles. The van der Waals surface area contributed by atoms with Crippen molar-refractivity contribution in [2.24, 2.45) is 5.73 Å². The second kappa shape index (κ2) is 5.99. The van der Waals surface area contributed by atoms with Gasteiger partial charge in [0, 0.05) is 5.70 Å². The molecular weight excluding hydrogens is 221 g/mol. The number of carbonyl (C=O) groups is 1. The lowest BCUT2D eigenvalue weighted by molar-refractivity contribution is -0.159. The van der Waals surface area contributed by atoms with Gasteiger partial charge in [0.05, 0.1) is 6.42 Å². The van der Waals surface area contributed by atoms with Crippen LogP contribution in [0.2, 0.25) is 0 Å². The third-order valence-electron chi connectivity index (χ3n) is 1.66. The normalized spacial score (nSPS) is 14.1. The molecule has 0 aliphatic rings. The molecule has 0 bridgehead atoms. The zero-order valence-corrected chi connectivity index (χ0v) is 8.55. The molecule has 0 aromatic heterocycles. The maximum absolute atomic E-state index is 12.5. The topological polar surface area (TPSA) is 55.1 Å². The number of rotatable bonds is 6. The van der Waals surface area contributed by atoms with Crippen LogP contribution in [-0.2, 0) is 4.79 Å². The van der Waals surface area contributed by atoms with E-state index >= 15 is 0 Å². The number of primary amides is 1. The van der Waals surface area contributed by atoms with Crippen LogP contribution < -0.4 is 11.1 Å². The summed E-state index contributed by atoms with van der Waals surface area (Å²) in [4.78, 5) is 10.5. The predicted octanol–water partition coefficient (Wildman–Crippen LogP) is 1.64. The van der Waals surface area contributed by atoms with Crippen molar-refractivity contribution >= 4 is 5.91 Å². The lowest BCUT2D eigenvalue weighted by Gasteiger charge is -2.21. The SMILES string of the molecule is C=C/C=C(\C=C)NC(CC(N)=O)C(F)(F)F. The molecule has 90 valence electrons. The van der Waals surface area contributed by atoms with Gasteiger partial charge in [-0.2, -0.15) is 13.2 Å². The fourth-order valence-electron chi connectivity index (χ4n) is 0.953. The Hall–Kier alpha value is -1.72. The van der Waals surface area contributed by atoms with Crippen LogP contribution >= 0.6 is 0 Å². The molecule has 0 aliphatic heterocycles. The number of hydrogen-bond acceptors (Lipinski definition) is 2. The summed E-state index contributed by atoms with van der Waals surface area (Å²) >= 11 is 0. The van der Waals surface area contributed by atoms with Gasteiger partial charge in [-0.25, -0.2) is 0 Å². The van der Waals surface area contributed by atoms with E-state index in [2.05, 4.69) is 18.5 Å². The van der Waals surface area contributed by atoms with Gasteiger partial charge in [0.15, 0.2) is 0 Å². The number of carbonyl (C=O) groups excluding carboxylic acids is 1. The molecule has 0 fully saturated rings. The van der Waals surface area contributed by atoms with Crippen molar-refractivity contribution in [3.63, 3.8) is 0 Å². The van der Waals surface area contributed by atoms with Crippen LogP contribution in [0.3, 0.4) is 0 Å². The van der Waals surface area contributed by atoms with Crippen molar-refractivity contribution in [2.75, 3.05) is 0 Å². The second-order valence-electron chi connectivity index (χ2n) is 2.97. The fourth-order valence-corrected chi connectivity index (χ4v) is 0.953. The van der Waals surface area contributed by atoms with Crippen molar-refractivity contribution in [3.8, 4) is 0 Å². The van der Waals surface area contributed by atoms with E-state index in [1.807, 2.05) is 0 Å². The van der Waals surface area contributed by atoms with E-state index in [4.69, 9.17) is 5.73 Å². The van der Waals surface area contributed by atoms with Gasteiger partial charge in [-0.1, -0.05) is 19.2 Å². The molecule has 3 N–H and O–H groups in total. The minimum absolute atomic E-state index is 0.124. The summed E-state index contributed by atoms with van der Waals surface area (Å²) in [6, 6.07) is -2.02. The van der Waals surface area contributed by atoms with E-state index < -0.39 is 24.5 Å². The molecule has 0 saturated heterocycles. The molecule has 0 heterocycles. The van der Waals surface area contributed by atoms with Crippen molar-refractivity contribution in [3.05, 3.63) is 37.1 Å². The van der Waals surface area contributed by atoms with Gasteiger partial charge in [0.25, 0.3) is 0 Å². The second-order valence-corrected chi connectivity index (χ2v) is 2.97. The maximum Gasteiger partial charge on any atom is 0.409 e. The smallest absolute Gasteiger partial charge is 0.374 e. The number of halogens is 3. The number of nitrogens with one attached hydrogen (secondary N) is 1. The van der Waals surface area contributed by atoms with Gasteiger partial charge >= 0.3 is 6.18 Å². The molecule has 0 spiro atoms. The summed E-state index contributed by atoms with van der Waals surface area (Å²) in [6.07, 6.45) is -1.57. The first-order chi connectivity index (χ1) is 7.31. The summed E-state index contributed by atoms with van der Waals surface area (Å²) < 4.78 is 37.4. The number of allylic oxidation sites excluding steroid dienone is 3. The first-order valence-electron chi connectivity index (χ1n) is 4.38. The third kappa shape index (κ3) is 5.23. The molecule has 1 amide bonds. The highest BCUT2D eigenvalue weighted by molar-refractivity contribution is 5.74. The molecule has 6 heteroatoms. The van der Waals surface area contributed by atoms with Crippen LogP contribution in [0.15, 0.2) is 37.1 Å². The Balaban J connectivity index is 4.78. The minimum Gasteiger partial charge on any atom is -0.374 e. The number of nitrogens with two attached hydrogens (primary N) is 1. The Kier molecular flexibility index (Phi) is 5.35. The van der Waals surface area contributed by atoms with Gasteiger partial charge in [0.1, 0.15) is 6.04 Å². The Bertz CT molecular complexity index is 308. The summed E-state index contributed by atoms with van der Waals surface area (Å²) in [5.74, 6) is -1.03. The molecule has 0 rings (SSSR count). The molecule has 0 aromatic carbocycles. The standard InChI is InChI=1S/C10H13F3N2O/c1-3-5-7(4-2)15-8(6-9(14)16)10(11,12)13/h3-5,8,15H,1-2,6H2,(H2,14,16)/b7-5+. The Morgan fingerprint density at radius 1 is 1.44 bits per heavy atom. The van der Waals surface area contributed by atoms with E-state index in [1.165, 1.54) is 18.2 Å². The zero-order chi connectivity index (χ0) is 12.8. The van der Waals surface area contributed by atoms with Crippen molar-refractivity contribution in [1.29, 1.82) is 0 Å². The average molecular weight is 234 g/mol. The highest BCUT2D eigenvalue weighted by atomic mass is 19.4. The van der Waals surface area contributed by atoms with Crippen LogP contribution in [0, 0.1) is 0 Å². The van der Waals surface area contributed by atoms with Gasteiger partial charge < -0.3 is 11.1 Å². The van der Waals surface area contributed by atoms with Crippen LogP contribution in [-0.4, -0.2) is 18.1 Å². The van der Waals surface area contributed by atoms with E-state index in [1.54, 1.807) is 0 Å². The molecule has 0 aromatic rings. The van der Waals surface area contributed by atoms with Gasteiger partial charge in [-0.15, -0.1) is 0 Å². The highest BCUT2D eigenvalue weighted by Gasteiger charge is 2.40. The Morgan fingerprint density at radius 2 is 2.00 bits per heavy atom. The number of alkyl halides is 3. The van der Waals surface area contributed by atoms with Crippen LogP contribution in [0.4, 0.5) is 13.2 Å². The largest absolute Gasteiger partial charge is 0.409 e. The Labute approximate surface area is 91.5 Å². The van der Waals surface area contributed by atoms with Crippen LogP contribution in [0.25, 0.3) is 0 Å². The molecule has 0 saturated carbocycles. The lowest BCUT2D eigenvalue weighted by Crippen LogP contribution is -2.44. The van der Waals surface area contributed by atoms with E-state index in [0.717, 1.165) is 0 Å². The van der Waals surface area contributed by atoms with E-state index in [9.17, 15) is 18.0 Å². The van der Waals surface area contributed by atoms with Crippen molar-refractivity contribution in [1.82, 2.24) is 5.32 Å². The van der Waals surface area contributed by atoms with Gasteiger partial charge in [-0.3, -0.25) is 4.79 Å². The summed E-state index contributed by atoms with van der Waals surface area (Å²) in [7, 11) is 0. The molecular formula is C10H13F3N2O. The molecule has 16 heavy (non-hydrogen) atoms. The zero-order valence-electron chi connectivity index (χ0n) is 8.55. The first-order valence-corrected chi connectivity index (χ1v) is 4.38. The van der Waals surface area contributed by atoms with Gasteiger partial charge in [0.2, 0.25) is 5.91 Å². The number of hydrogen-bond donors (Lipinski definition) is 2. The fraction of sp³-hybridized carbons (Fsp3) is 0.300. The van der Waals surface area contributed by atoms with Crippen LogP contribution in [0.5, 0.6) is 0 Å². The minimum atomic E-state index is -4.56. The predicted molar refractivity (Wildman–Crippen MR) is 55.3 cm³/mol. The Morgan fingerprint density at radius 3 is 2.31 bits per heavy atom. The van der Waals surface area contributed by atoms with Crippen molar-refractivity contribution < 1.29 is 18.0 Å². The van der Waals surface area contributed by atoms with E-state index in [0.29, 0.717) is 0 Å². The third-order valence-corrected chi connectivity index (χ3v) is 1.66. The average Bonchev–Trinajstić information content (AvgIpc) is 2.13. The monoisotopic (exact) mass is 234 g/mol. The summed E-state index contributed by atoms with van der Waals surface area (Å²) in [5, 5.41) is 2.12. The molecule has 1 unspecified atom stereocenters. The molecule has 1 atom stereocenters. The highest BCUT2D eigenvalue weighted by Crippen LogP contribution is 2.23. The maximum atomic E-state index is 12.5.